The first kappa shape index (κ1) is 14.8. The number of nitrogens with zero attached hydrogens (tertiary/aromatic N) is 1. The molecule has 3 rings (SSSR count). The van der Waals surface area contributed by atoms with Gasteiger partial charge in [0.25, 0.3) is 5.91 Å². The molecule has 114 valence electrons. The Hall–Kier alpha value is -1.11. The van der Waals surface area contributed by atoms with Crippen LogP contribution < -0.4 is 5.14 Å². The molecular weight excluding hydrogens is 312 g/mol. The van der Waals surface area contributed by atoms with Crippen molar-refractivity contribution >= 4 is 27.5 Å². The quantitative estimate of drug-likeness (QED) is 0.900. The minimum Gasteiger partial charge on any atom is -0.335 e. The number of halogens is 1. The van der Waals surface area contributed by atoms with E-state index in [1.54, 1.807) is 6.92 Å². The summed E-state index contributed by atoms with van der Waals surface area (Å²) in [4.78, 5) is 14.5. The monoisotopic (exact) mass is 328 g/mol. The lowest BCUT2D eigenvalue weighted by Crippen LogP contribution is -2.38. The van der Waals surface area contributed by atoms with Gasteiger partial charge < -0.3 is 4.90 Å². The Morgan fingerprint density at radius 1 is 1.38 bits per heavy atom. The van der Waals surface area contributed by atoms with Crippen LogP contribution in [0.25, 0.3) is 0 Å². The van der Waals surface area contributed by atoms with Gasteiger partial charge in [0, 0.05) is 23.2 Å². The van der Waals surface area contributed by atoms with Crippen LogP contribution in [0.3, 0.4) is 0 Å². The molecule has 2 unspecified atom stereocenters. The molecular formula is C14H17ClN2O3S. The van der Waals surface area contributed by atoms with E-state index in [1.807, 2.05) is 4.90 Å². The summed E-state index contributed by atoms with van der Waals surface area (Å²) in [7, 11) is -3.90. The molecule has 0 aromatic heterocycles. The molecule has 1 aromatic rings. The summed E-state index contributed by atoms with van der Waals surface area (Å²) >= 11 is 5.97. The molecule has 7 heteroatoms. The number of hydrogen-bond acceptors (Lipinski definition) is 3. The van der Waals surface area contributed by atoms with E-state index in [-0.39, 0.29) is 21.9 Å². The van der Waals surface area contributed by atoms with Crippen molar-refractivity contribution in [2.75, 3.05) is 6.54 Å². The average Bonchev–Trinajstić information content (AvgIpc) is 3.01. The van der Waals surface area contributed by atoms with E-state index in [9.17, 15) is 13.2 Å². The van der Waals surface area contributed by atoms with Crippen LogP contribution in [-0.2, 0) is 10.0 Å². The Labute approximate surface area is 129 Å². The SMILES string of the molecule is Cc1c(C(=O)N2CC3CCC2C3)cc(Cl)cc1S(N)(=O)=O. The van der Waals surface area contributed by atoms with Crippen LogP contribution in [0.2, 0.25) is 5.02 Å². The Kier molecular flexibility index (Phi) is 3.50. The molecule has 2 fully saturated rings. The molecule has 1 heterocycles. The fourth-order valence-corrected chi connectivity index (χ4v) is 4.61. The molecule has 1 saturated carbocycles. The summed E-state index contributed by atoms with van der Waals surface area (Å²) in [5.41, 5.74) is 0.703. The van der Waals surface area contributed by atoms with E-state index in [2.05, 4.69) is 0 Å². The number of primary sulfonamides is 1. The molecule has 1 aliphatic heterocycles. The summed E-state index contributed by atoms with van der Waals surface area (Å²) in [5, 5.41) is 5.40. The third-order valence-corrected chi connectivity index (χ3v) is 5.79. The molecule has 1 amide bonds. The van der Waals surface area contributed by atoms with E-state index in [0.717, 1.165) is 19.4 Å². The number of carbonyl (C=O) groups is 1. The standard InChI is InChI=1S/C14H17ClN2O3S/c1-8-12(5-10(15)6-13(8)21(16,19)20)14(18)17-7-9-2-3-11(17)4-9/h5-6,9,11H,2-4,7H2,1H3,(H2,16,19,20). The lowest BCUT2D eigenvalue weighted by Gasteiger charge is -2.28. The van der Waals surface area contributed by atoms with E-state index in [4.69, 9.17) is 16.7 Å². The predicted octanol–water partition coefficient (Wildman–Crippen LogP) is 1.92. The molecule has 21 heavy (non-hydrogen) atoms. The topological polar surface area (TPSA) is 80.5 Å². The fourth-order valence-electron chi connectivity index (χ4n) is 3.50. The third-order valence-electron chi connectivity index (χ3n) is 4.53. The van der Waals surface area contributed by atoms with Crippen LogP contribution in [0.4, 0.5) is 0 Å². The fraction of sp³-hybridized carbons (Fsp3) is 0.500. The molecule has 1 saturated heterocycles. The van der Waals surface area contributed by atoms with E-state index in [1.165, 1.54) is 18.6 Å². The van der Waals surface area contributed by atoms with Crippen LogP contribution in [0.5, 0.6) is 0 Å². The number of nitrogens with two attached hydrogens (primary N) is 1. The van der Waals surface area contributed by atoms with Crippen LogP contribution in [0.15, 0.2) is 17.0 Å². The second-order valence-electron chi connectivity index (χ2n) is 5.91. The van der Waals surface area contributed by atoms with Crippen molar-refractivity contribution in [3.8, 4) is 0 Å². The summed E-state index contributed by atoms with van der Waals surface area (Å²) in [6, 6.07) is 3.10. The largest absolute Gasteiger partial charge is 0.335 e. The van der Waals surface area contributed by atoms with Crippen molar-refractivity contribution in [2.24, 2.45) is 11.1 Å². The predicted molar refractivity (Wildman–Crippen MR) is 79.7 cm³/mol. The average molecular weight is 329 g/mol. The van der Waals surface area contributed by atoms with Crippen LogP contribution in [0, 0.1) is 12.8 Å². The minimum absolute atomic E-state index is 0.0808. The Bertz CT molecular complexity index is 717. The van der Waals surface area contributed by atoms with Gasteiger partial charge in [0.05, 0.1) is 4.90 Å². The van der Waals surface area contributed by atoms with Gasteiger partial charge in [-0.1, -0.05) is 11.6 Å². The van der Waals surface area contributed by atoms with E-state index >= 15 is 0 Å². The zero-order valence-corrected chi connectivity index (χ0v) is 13.2. The number of carbonyl (C=O) groups excluding carboxylic acids is 1. The highest BCUT2D eigenvalue weighted by atomic mass is 35.5. The van der Waals surface area contributed by atoms with Crippen molar-refractivity contribution < 1.29 is 13.2 Å². The van der Waals surface area contributed by atoms with Gasteiger partial charge in [0.2, 0.25) is 10.0 Å². The number of hydrogen-bond donors (Lipinski definition) is 1. The number of piperidine rings is 1. The molecule has 2 N–H and O–H groups in total. The van der Waals surface area contributed by atoms with E-state index in [0.29, 0.717) is 17.0 Å². The van der Waals surface area contributed by atoms with Crippen LogP contribution in [-0.4, -0.2) is 31.8 Å². The third kappa shape index (κ3) is 2.56. The number of likely N-dealkylation sites (tertiary alicyclic amines) is 1. The van der Waals surface area contributed by atoms with Crippen molar-refractivity contribution in [3.63, 3.8) is 0 Å². The highest BCUT2D eigenvalue weighted by molar-refractivity contribution is 7.89. The van der Waals surface area contributed by atoms with Gasteiger partial charge in [-0.2, -0.15) is 0 Å². The first-order valence-corrected chi connectivity index (χ1v) is 8.83. The van der Waals surface area contributed by atoms with Gasteiger partial charge in [-0.05, 0) is 49.8 Å². The maximum atomic E-state index is 12.7. The number of fused-ring (bicyclic) bond motifs is 2. The number of rotatable bonds is 2. The molecule has 2 atom stereocenters. The summed E-state index contributed by atoms with van der Waals surface area (Å²) < 4.78 is 23.2. The molecule has 5 nitrogen and oxygen atoms in total. The summed E-state index contributed by atoms with van der Waals surface area (Å²) in [6.45, 7) is 2.35. The first-order chi connectivity index (χ1) is 9.77. The zero-order chi connectivity index (χ0) is 15.4. The van der Waals surface area contributed by atoms with Gasteiger partial charge in [-0.25, -0.2) is 13.6 Å². The number of amides is 1. The van der Waals surface area contributed by atoms with Crippen LogP contribution >= 0.6 is 11.6 Å². The molecule has 2 aliphatic rings. The van der Waals surface area contributed by atoms with Crippen molar-refractivity contribution in [1.29, 1.82) is 0 Å². The molecule has 2 bridgehead atoms. The Balaban J connectivity index is 2.03. The first-order valence-electron chi connectivity index (χ1n) is 6.91. The van der Waals surface area contributed by atoms with Gasteiger partial charge in [0.1, 0.15) is 0 Å². The number of sulfonamides is 1. The molecule has 1 aliphatic carbocycles. The smallest absolute Gasteiger partial charge is 0.254 e. The highest BCUT2D eigenvalue weighted by Gasteiger charge is 2.41. The summed E-state index contributed by atoms with van der Waals surface area (Å²) in [6.07, 6.45) is 3.25. The Morgan fingerprint density at radius 3 is 2.62 bits per heavy atom. The molecule has 1 aromatic carbocycles. The maximum Gasteiger partial charge on any atom is 0.254 e. The van der Waals surface area contributed by atoms with Crippen LogP contribution in [0.1, 0.15) is 35.2 Å². The second-order valence-corrected chi connectivity index (χ2v) is 7.88. The van der Waals surface area contributed by atoms with Crippen molar-refractivity contribution in [1.82, 2.24) is 4.90 Å². The minimum atomic E-state index is -3.90. The molecule has 0 spiro atoms. The molecule has 0 radical (unpaired) electrons. The lowest BCUT2D eigenvalue weighted by atomic mass is 10.1. The van der Waals surface area contributed by atoms with Crippen molar-refractivity contribution in [3.05, 3.63) is 28.3 Å². The van der Waals surface area contributed by atoms with E-state index < -0.39 is 10.0 Å². The normalized spacial score (nSPS) is 24.6. The van der Waals surface area contributed by atoms with Gasteiger partial charge in [0.15, 0.2) is 0 Å². The number of benzene rings is 1. The van der Waals surface area contributed by atoms with Gasteiger partial charge in [-0.15, -0.1) is 0 Å². The summed E-state index contributed by atoms with van der Waals surface area (Å²) in [5.74, 6) is 0.434. The van der Waals surface area contributed by atoms with Gasteiger partial charge in [-0.3, -0.25) is 4.79 Å². The van der Waals surface area contributed by atoms with Crippen molar-refractivity contribution in [2.45, 2.75) is 37.1 Å². The Morgan fingerprint density at radius 2 is 2.10 bits per heavy atom. The lowest BCUT2D eigenvalue weighted by molar-refractivity contribution is 0.0702. The van der Waals surface area contributed by atoms with Gasteiger partial charge >= 0.3 is 0 Å². The second kappa shape index (κ2) is 4.97. The highest BCUT2D eigenvalue weighted by Crippen LogP contribution is 2.38. The zero-order valence-electron chi connectivity index (χ0n) is 11.7. The maximum absolute atomic E-state index is 12.7.